The molecule has 0 spiro atoms. The number of nitrogens with one attached hydrogen (secondary N) is 4. The molecular weight excluding hydrogens is 348 g/mol. The largest absolute Gasteiger partial charge is 0.353 e. The molecule has 0 rings (SSSR count). The van der Waals surface area contributed by atoms with Gasteiger partial charge in [-0.25, -0.2) is 0 Å². The second-order valence-electron chi connectivity index (χ2n) is 6.43. The molecule has 154 valence electrons. The molecule has 0 saturated carbocycles. The van der Waals surface area contributed by atoms with Gasteiger partial charge < -0.3 is 21.3 Å². The van der Waals surface area contributed by atoms with Crippen LogP contribution in [-0.4, -0.2) is 56.2 Å². The summed E-state index contributed by atoms with van der Waals surface area (Å²) in [4.78, 5) is 47.3. The van der Waals surface area contributed by atoms with Crippen molar-refractivity contribution < 1.29 is 19.2 Å². The zero-order valence-electron chi connectivity index (χ0n) is 16.9. The smallest absolute Gasteiger partial charge is 0.243 e. The number of hydrogen-bond donors (Lipinski definition) is 4. The normalized spacial score (nSPS) is 13.0. The minimum Gasteiger partial charge on any atom is -0.353 e. The van der Waals surface area contributed by atoms with E-state index in [9.17, 15) is 19.2 Å². The van der Waals surface area contributed by atoms with Gasteiger partial charge in [-0.05, 0) is 45.7 Å². The van der Waals surface area contributed by atoms with Crippen LogP contribution in [-0.2, 0) is 19.2 Å². The highest BCUT2D eigenvalue weighted by atomic mass is 16.2. The van der Waals surface area contributed by atoms with Crippen molar-refractivity contribution in [2.45, 2.75) is 52.5 Å². The predicted molar refractivity (Wildman–Crippen MR) is 105 cm³/mol. The van der Waals surface area contributed by atoms with Crippen LogP contribution in [0.2, 0.25) is 0 Å². The summed E-state index contributed by atoms with van der Waals surface area (Å²) in [5, 5.41) is 10.7. The lowest BCUT2D eigenvalue weighted by Crippen LogP contribution is -2.47. The number of ketones is 1. The van der Waals surface area contributed by atoms with Crippen molar-refractivity contribution in [3.63, 3.8) is 0 Å². The van der Waals surface area contributed by atoms with Crippen LogP contribution in [0.25, 0.3) is 0 Å². The maximum atomic E-state index is 12.5. The van der Waals surface area contributed by atoms with Crippen LogP contribution < -0.4 is 21.3 Å². The first-order chi connectivity index (χ1) is 12.8. The first-order valence-corrected chi connectivity index (χ1v) is 9.50. The molecule has 0 fully saturated rings. The number of carbonyl (C=O) groups excluding carboxylic acids is 4. The van der Waals surface area contributed by atoms with E-state index in [1.54, 1.807) is 20.0 Å². The van der Waals surface area contributed by atoms with Crippen molar-refractivity contribution in [1.82, 2.24) is 21.3 Å². The Bertz CT molecular complexity index is 520. The number of hydrogen-bond acceptors (Lipinski definition) is 5. The third kappa shape index (κ3) is 11.9. The van der Waals surface area contributed by atoms with Gasteiger partial charge in [0, 0.05) is 12.5 Å². The Morgan fingerprint density at radius 1 is 1.00 bits per heavy atom. The van der Waals surface area contributed by atoms with Gasteiger partial charge in [-0.3, -0.25) is 19.2 Å². The lowest BCUT2D eigenvalue weighted by Gasteiger charge is -2.21. The second-order valence-corrected chi connectivity index (χ2v) is 6.43. The van der Waals surface area contributed by atoms with Crippen molar-refractivity contribution in [3.05, 3.63) is 12.2 Å². The zero-order chi connectivity index (χ0) is 20.7. The van der Waals surface area contributed by atoms with Crippen LogP contribution in [0.3, 0.4) is 0 Å². The molecule has 0 saturated heterocycles. The summed E-state index contributed by atoms with van der Waals surface area (Å²) >= 11 is 0. The highest BCUT2D eigenvalue weighted by molar-refractivity contribution is 5.92. The predicted octanol–water partition coefficient (Wildman–Crippen LogP) is 0.285. The molecule has 4 N–H and O–H groups in total. The van der Waals surface area contributed by atoms with E-state index in [2.05, 4.69) is 21.3 Å². The summed E-state index contributed by atoms with van der Waals surface area (Å²) in [5.74, 6) is -0.971. The van der Waals surface area contributed by atoms with Gasteiger partial charge in [0.05, 0.1) is 19.1 Å². The third-order valence-corrected chi connectivity index (χ3v) is 4.10. The number of amides is 3. The van der Waals surface area contributed by atoms with Crippen molar-refractivity contribution in [2.24, 2.45) is 5.92 Å². The van der Waals surface area contributed by atoms with E-state index in [-0.39, 0.29) is 42.5 Å². The lowest BCUT2D eigenvalue weighted by atomic mass is 9.94. The van der Waals surface area contributed by atoms with Crippen LogP contribution in [0.4, 0.5) is 0 Å². The van der Waals surface area contributed by atoms with Crippen molar-refractivity contribution in [2.75, 3.05) is 26.7 Å². The summed E-state index contributed by atoms with van der Waals surface area (Å²) in [6.45, 7) is 6.02. The molecule has 8 heteroatoms. The Morgan fingerprint density at radius 3 is 2.30 bits per heavy atom. The lowest BCUT2D eigenvalue weighted by molar-refractivity contribution is -0.130. The molecule has 0 heterocycles. The maximum absolute atomic E-state index is 12.5. The van der Waals surface area contributed by atoms with Crippen LogP contribution in [0, 0.1) is 5.92 Å². The number of allylic oxidation sites excluding steroid dienone is 1. The third-order valence-electron chi connectivity index (χ3n) is 4.10. The van der Waals surface area contributed by atoms with E-state index < -0.39 is 6.04 Å². The molecule has 2 atom stereocenters. The Balaban J connectivity index is 4.48. The monoisotopic (exact) mass is 382 g/mol. The molecule has 0 aromatic carbocycles. The van der Waals surface area contributed by atoms with Crippen LogP contribution in [0.15, 0.2) is 12.2 Å². The molecule has 0 aromatic heterocycles. The molecule has 27 heavy (non-hydrogen) atoms. The average Bonchev–Trinajstić information content (AvgIpc) is 2.64. The van der Waals surface area contributed by atoms with Crippen molar-refractivity contribution in [1.29, 1.82) is 0 Å². The van der Waals surface area contributed by atoms with Gasteiger partial charge in [0.2, 0.25) is 17.7 Å². The zero-order valence-corrected chi connectivity index (χ0v) is 16.9. The summed E-state index contributed by atoms with van der Waals surface area (Å²) in [6.07, 6.45) is 5.72. The van der Waals surface area contributed by atoms with Gasteiger partial charge in [0.15, 0.2) is 5.78 Å². The summed E-state index contributed by atoms with van der Waals surface area (Å²) in [7, 11) is 1.64. The highest BCUT2D eigenvalue weighted by Gasteiger charge is 2.24. The average molecular weight is 383 g/mol. The van der Waals surface area contributed by atoms with E-state index in [4.69, 9.17) is 0 Å². The van der Waals surface area contributed by atoms with Gasteiger partial charge in [-0.15, -0.1) is 0 Å². The Morgan fingerprint density at radius 2 is 1.70 bits per heavy atom. The summed E-state index contributed by atoms with van der Waals surface area (Å²) in [6, 6.07) is -0.583. The van der Waals surface area contributed by atoms with E-state index in [1.807, 2.05) is 13.8 Å². The first kappa shape index (κ1) is 24.8. The molecule has 0 bridgehead atoms. The van der Waals surface area contributed by atoms with Crippen LogP contribution in [0.1, 0.15) is 46.5 Å². The molecule has 1 unspecified atom stereocenters. The fourth-order valence-electron chi connectivity index (χ4n) is 2.37. The van der Waals surface area contributed by atoms with Crippen molar-refractivity contribution >= 4 is 23.5 Å². The Kier molecular flexibility index (Phi) is 13.7. The summed E-state index contributed by atoms with van der Waals surface area (Å²) < 4.78 is 0. The molecule has 3 amide bonds. The number of Topliss-reactive ketones (excluding diaryl/α,β-unsaturated/α-hetero) is 1. The molecule has 0 aliphatic carbocycles. The Hall–Kier alpha value is -2.22. The van der Waals surface area contributed by atoms with E-state index in [0.29, 0.717) is 32.2 Å². The van der Waals surface area contributed by atoms with Gasteiger partial charge >= 0.3 is 0 Å². The topological polar surface area (TPSA) is 116 Å². The van der Waals surface area contributed by atoms with Gasteiger partial charge in [0.25, 0.3) is 0 Å². The van der Waals surface area contributed by atoms with E-state index in [0.717, 1.165) is 0 Å². The quantitative estimate of drug-likeness (QED) is 0.254. The molecule has 0 aliphatic rings. The van der Waals surface area contributed by atoms with Crippen LogP contribution in [0.5, 0.6) is 0 Å². The number of unbranched alkanes of at least 4 members (excludes halogenated alkanes) is 1. The molecule has 8 nitrogen and oxygen atoms in total. The van der Waals surface area contributed by atoms with Gasteiger partial charge in [0.1, 0.15) is 0 Å². The summed E-state index contributed by atoms with van der Waals surface area (Å²) in [5.41, 5.74) is 0. The van der Waals surface area contributed by atoms with E-state index >= 15 is 0 Å². The molecule has 0 aliphatic heterocycles. The maximum Gasteiger partial charge on any atom is 0.243 e. The molecule has 0 aromatic rings. The fraction of sp³-hybridized carbons (Fsp3) is 0.684. The first-order valence-electron chi connectivity index (χ1n) is 9.50. The fourth-order valence-corrected chi connectivity index (χ4v) is 2.37. The number of rotatable bonds is 14. The molecular formula is C19H34N4O4. The van der Waals surface area contributed by atoms with E-state index in [1.165, 1.54) is 6.08 Å². The van der Waals surface area contributed by atoms with Gasteiger partial charge in [-0.2, -0.15) is 0 Å². The number of likely N-dealkylation sites (N-methyl/N-ethyl adjacent to an activating group) is 1. The second kappa shape index (κ2) is 14.9. The van der Waals surface area contributed by atoms with Crippen molar-refractivity contribution in [3.8, 4) is 0 Å². The van der Waals surface area contributed by atoms with Gasteiger partial charge in [-0.1, -0.05) is 19.9 Å². The van der Waals surface area contributed by atoms with Crippen LogP contribution >= 0.6 is 0 Å². The minimum absolute atomic E-state index is 0.00893. The minimum atomic E-state index is -0.583. The molecule has 0 radical (unpaired) electrons. The number of carbonyl (C=O) groups is 4. The Labute approximate surface area is 161 Å². The highest BCUT2D eigenvalue weighted by Crippen LogP contribution is 2.11. The SMILES string of the molecule is C/C=C/C(=O)NCCCC[C@H](NC(=O)CNC(=O)CNC)C(=O)C(C)CC. The standard InChI is InChI=1S/C19H34N4O4/c1-5-9-16(24)21-11-8-7-10-15(19(27)14(3)6-2)23-18(26)13-22-17(25)12-20-4/h5,9,14-15,20H,6-8,10-13H2,1-4H3,(H,21,24)(H,22,25)(H,23,26)/b9-5+/t14?,15-/m0/s1.